The number of benzene rings is 2. The molecule has 0 atom stereocenters. The molecule has 0 fully saturated rings. The highest BCUT2D eigenvalue weighted by Gasteiger charge is 2.05. The number of rotatable bonds is 2. The lowest BCUT2D eigenvalue weighted by Gasteiger charge is -2.10. The number of nitrogens with zero attached hydrogens (tertiary/aromatic N) is 1. The van der Waals surface area contributed by atoms with Gasteiger partial charge in [-0.15, -0.1) is 0 Å². The molecule has 0 radical (unpaired) electrons. The summed E-state index contributed by atoms with van der Waals surface area (Å²) in [7, 11) is 0. The molecule has 5 heteroatoms. The summed E-state index contributed by atoms with van der Waals surface area (Å²) in [5.41, 5.74) is 8.83. The summed E-state index contributed by atoms with van der Waals surface area (Å²) in [5.74, 6) is -0.443. The van der Waals surface area contributed by atoms with Gasteiger partial charge in [0, 0.05) is 28.6 Å². The summed E-state index contributed by atoms with van der Waals surface area (Å²) in [6, 6.07) is 11.8. The first-order valence-electron chi connectivity index (χ1n) is 6.00. The van der Waals surface area contributed by atoms with Gasteiger partial charge in [-0.3, -0.25) is 4.98 Å². The molecule has 1 aromatic heterocycles. The maximum atomic E-state index is 13.2. The van der Waals surface area contributed by atoms with E-state index in [0.29, 0.717) is 11.4 Å². The highest BCUT2D eigenvalue weighted by atomic mass is 35.5. The predicted octanol–water partition coefficient (Wildman–Crippen LogP) is 4.35. The number of fused-ring (bicyclic) bond motifs is 1. The summed E-state index contributed by atoms with van der Waals surface area (Å²) in [6.45, 7) is 0. The van der Waals surface area contributed by atoms with E-state index in [1.165, 1.54) is 12.1 Å². The van der Waals surface area contributed by atoms with E-state index < -0.39 is 5.82 Å². The molecule has 1 heterocycles. The number of halogens is 2. The van der Waals surface area contributed by atoms with Crippen LogP contribution in [0.4, 0.5) is 21.5 Å². The van der Waals surface area contributed by atoms with Gasteiger partial charge in [-0.1, -0.05) is 11.6 Å². The van der Waals surface area contributed by atoms with Gasteiger partial charge < -0.3 is 11.1 Å². The van der Waals surface area contributed by atoms with Crippen LogP contribution < -0.4 is 11.1 Å². The predicted molar refractivity (Wildman–Crippen MR) is 80.8 cm³/mol. The number of aromatic nitrogens is 1. The van der Waals surface area contributed by atoms with Crippen LogP contribution in [-0.4, -0.2) is 4.98 Å². The third kappa shape index (κ3) is 2.38. The van der Waals surface area contributed by atoms with Crippen LogP contribution in [0.1, 0.15) is 0 Å². The van der Waals surface area contributed by atoms with E-state index in [0.717, 1.165) is 16.6 Å². The van der Waals surface area contributed by atoms with Gasteiger partial charge in [0.1, 0.15) is 5.82 Å². The molecule has 0 saturated heterocycles. The summed E-state index contributed by atoms with van der Waals surface area (Å²) < 4.78 is 13.2. The van der Waals surface area contributed by atoms with Crippen molar-refractivity contribution in [2.24, 2.45) is 0 Å². The molecule has 2 aromatic carbocycles. The fourth-order valence-electron chi connectivity index (χ4n) is 2.00. The largest absolute Gasteiger partial charge is 0.399 e. The van der Waals surface area contributed by atoms with Crippen LogP contribution >= 0.6 is 11.6 Å². The van der Waals surface area contributed by atoms with E-state index in [-0.39, 0.29) is 5.02 Å². The van der Waals surface area contributed by atoms with E-state index in [1.807, 2.05) is 18.2 Å². The molecular weight excluding hydrogens is 277 g/mol. The minimum absolute atomic E-state index is 0.0767. The van der Waals surface area contributed by atoms with Crippen molar-refractivity contribution >= 4 is 39.6 Å². The third-order valence-corrected chi connectivity index (χ3v) is 3.25. The second kappa shape index (κ2) is 4.98. The number of pyridine rings is 1. The summed E-state index contributed by atoms with van der Waals surface area (Å²) in [4.78, 5) is 4.27. The van der Waals surface area contributed by atoms with Crippen molar-refractivity contribution < 1.29 is 4.39 Å². The number of hydrogen-bond acceptors (Lipinski definition) is 3. The monoisotopic (exact) mass is 287 g/mol. The minimum Gasteiger partial charge on any atom is -0.399 e. The zero-order chi connectivity index (χ0) is 14.1. The molecule has 20 heavy (non-hydrogen) atoms. The summed E-state index contributed by atoms with van der Waals surface area (Å²) >= 11 is 5.78. The summed E-state index contributed by atoms with van der Waals surface area (Å²) in [6.07, 6.45) is 1.70. The van der Waals surface area contributed by atoms with Crippen molar-refractivity contribution in [3.63, 3.8) is 0 Å². The molecule has 0 aliphatic heterocycles. The first kappa shape index (κ1) is 12.7. The molecule has 0 aliphatic rings. The minimum atomic E-state index is -0.443. The molecule has 0 spiro atoms. The average molecular weight is 288 g/mol. The molecule has 3 nitrogen and oxygen atoms in total. The number of anilines is 3. The highest BCUT2D eigenvalue weighted by Crippen LogP contribution is 2.28. The van der Waals surface area contributed by atoms with Crippen LogP contribution in [0.3, 0.4) is 0 Å². The fourth-order valence-corrected chi connectivity index (χ4v) is 2.18. The Morgan fingerprint density at radius 3 is 2.75 bits per heavy atom. The van der Waals surface area contributed by atoms with E-state index in [4.69, 9.17) is 17.3 Å². The van der Waals surface area contributed by atoms with E-state index in [9.17, 15) is 4.39 Å². The highest BCUT2D eigenvalue weighted by molar-refractivity contribution is 6.31. The van der Waals surface area contributed by atoms with Crippen LogP contribution in [0.25, 0.3) is 10.9 Å². The van der Waals surface area contributed by atoms with Gasteiger partial charge in [0.15, 0.2) is 0 Å². The molecular formula is C15H11ClFN3. The Labute approximate surface area is 120 Å². The molecule has 3 N–H and O–H groups in total. The molecule has 0 aliphatic carbocycles. The average Bonchev–Trinajstić information content (AvgIpc) is 2.44. The number of hydrogen-bond donors (Lipinski definition) is 2. The fraction of sp³-hybridized carbons (Fsp3) is 0. The van der Waals surface area contributed by atoms with Crippen molar-refractivity contribution in [1.82, 2.24) is 4.98 Å². The Bertz CT molecular complexity index is 789. The summed E-state index contributed by atoms with van der Waals surface area (Å²) in [5, 5.41) is 4.17. The smallest absolute Gasteiger partial charge is 0.141 e. The lowest BCUT2D eigenvalue weighted by Crippen LogP contribution is -1.94. The van der Waals surface area contributed by atoms with Crippen molar-refractivity contribution in [3.8, 4) is 0 Å². The van der Waals surface area contributed by atoms with E-state index in [2.05, 4.69) is 10.3 Å². The van der Waals surface area contributed by atoms with Crippen LogP contribution in [0.5, 0.6) is 0 Å². The van der Waals surface area contributed by atoms with Gasteiger partial charge >= 0.3 is 0 Å². The second-order valence-electron chi connectivity index (χ2n) is 4.39. The van der Waals surface area contributed by atoms with Crippen molar-refractivity contribution in [2.45, 2.75) is 0 Å². The molecule has 100 valence electrons. The van der Waals surface area contributed by atoms with Crippen molar-refractivity contribution in [3.05, 3.63) is 59.5 Å². The maximum Gasteiger partial charge on any atom is 0.141 e. The number of nitrogens with one attached hydrogen (secondary N) is 1. The van der Waals surface area contributed by atoms with Crippen molar-refractivity contribution in [1.29, 1.82) is 0 Å². The number of nitrogen functional groups attached to an aromatic ring is 1. The van der Waals surface area contributed by atoms with E-state index in [1.54, 1.807) is 18.3 Å². The van der Waals surface area contributed by atoms with Gasteiger partial charge in [0.25, 0.3) is 0 Å². The molecule has 3 rings (SSSR count). The lowest BCUT2D eigenvalue weighted by atomic mass is 10.1. The van der Waals surface area contributed by atoms with Crippen LogP contribution in [0.15, 0.2) is 48.7 Å². The quantitative estimate of drug-likeness (QED) is 0.689. The van der Waals surface area contributed by atoms with Crippen LogP contribution in [-0.2, 0) is 0 Å². The van der Waals surface area contributed by atoms with Crippen molar-refractivity contribution in [2.75, 3.05) is 11.1 Å². The molecule has 0 amide bonds. The second-order valence-corrected chi connectivity index (χ2v) is 4.80. The topological polar surface area (TPSA) is 50.9 Å². The molecule has 0 bridgehead atoms. The van der Waals surface area contributed by atoms with Gasteiger partial charge in [0.05, 0.1) is 10.5 Å². The Balaban J connectivity index is 2.05. The lowest BCUT2D eigenvalue weighted by molar-refractivity contribution is 0.628. The number of nitrogens with two attached hydrogens (primary N) is 1. The molecule has 0 unspecified atom stereocenters. The van der Waals surface area contributed by atoms with Gasteiger partial charge in [0.2, 0.25) is 0 Å². The Kier molecular flexibility index (Phi) is 3.16. The molecule has 3 aromatic rings. The van der Waals surface area contributed by atoms with Gasteiger partial charge in [-0.25, -0.2) is 4.39 Å². The Morgan fingerprint density at radius 2 is 1.95 bits per heavy atom. The van der Waals surface area contributed by atoms with Crippen LogP contribution in [0, 0.1) is 5.82 Å². The molecule has 0 saturated carbocycles. The zero-order valence-electron chi connectivity index (χ0n) is 10.4. The maximum absolute atomic E-state index is 13.2. The first-order chi connectivity index (χ1) is 9.63. The van der Waals surface area contributed by atoms with Crippen LogP contribution in [0.2, 0.25) is 5.02 Å². The van der Waals surface area contributed by atoms with Gasteiger partial charge in [-0.2, -0.15) is 0 Å². The first-order valence-corrected chi connectivity index (χ1v) is 6.37. The Morgan fingerprint density at radius 1 is 1.10 bits per heavy atom. The third-order valence-electron chi connectivity index (χ3n) is 2.96. The normalized spacial score (nSPS) is 10.7. The SMILES string of the molecule is Nc1ccc2nccc(Nc3ccc(F)c(Cl)c3)c2c1. The van der Waals surface area contributed by atoms with E-state index >= 15 is 0 Å². The van der Waals surface area contributed by atoms with Gasteiger partial charge in [-0.05, 0) is 42.5 Å². The zero-order valence-corrected chi connectivity index (χ0v) is 11.2. The standard InChI is InChI=1S/C15H11ClFN3/c16-12-8-10(2-3-13(12)17)20-15-5-6-19-14-4-1-9(18)7-11(14)15/h1-8H,18H2,(H,19,20). The Hall–Kier alpha value is -2.33.